The Bertz CT molecular complexity index is 994. The van der Waals surface area contributed by atoms with Crippen LogP contribution in [0.25, 0.3) is 0 Å². The van der Waals surface area contributed by atoms with Gasteiger partial charge in [-0.05, 0) is 56.2 Å². The van der Waals surface area contributed by atoms with Crippen LogP contribution >= 0.6 is 0 Å². The Balaban J connectivity index is 2.04. The fourth-order valence-corrected chi connectivity index (χ4v) is 3.54. The van der Waals surface area contributed by atoms with Crippen molar-refractivity contribution in [1.82, 2.24) is 4.72 Å². The normalized spacial score (nSPS) is 12.1. The van der Waals surface area contributed by atoms with E-state index in [1.807, 2.05) is 32.0 Å². The fraction of sp³-hybridized carbons (Fsp3) is 0.238. The van der Waals surface area contributed by atoms with Gasteiger partial charge in [0.25, 0.3) is 5.91 Å². The molecule has 1 atom stereocenters. The van der Waals surface area contributed by atoms with Crippen molar-refractivity contribution in [3.63, 3.8) is 0 Å². The Kier molecular flexibility index (Phi) is 7.30. The van der Waals surface area contributed by atoms with Gasteiger partial charge in [-0.25, -0.2) is 17.9 Å². The molecule has 0 fully saturated rings. The number of hydrogen-bond acceptors (Lipinski definition) is 5. The standard InChI is InChI=1S/C21H24N2O5S/c1-5-13-22-29(26,27)18-11-9-17(10-12-18)21(25)28-16(4)20(24)23-19-14(2)7-6-8-15(19)3/h5-12,16,22H,1,13H2,2-4H3,(H,23,24)/t16-/m1/s1. The van der Waals surface area contributed by atoms with Crippen molar-refractivity contribution in [3.05, 3.63) is 71.8 Å². The molecular weight excluding hydrogens is 392 g/mol. The van der Waals surface area contributed by atoms with Crippen LogP contribution in [0, 0.1) is 13.8 Å². The van der Waals surface area contributed by atoms with Crippen LogP contribution in [0.3, 0.4) is 0 Å². The zero-order valence-electron chi connectivity index (χ0n) is 16.6. The molecule has 2 rings (SSSR count). The lowest BCUT2D eigenvalue weighted by atomic mass is 10.1. The molecule has 7 nitrogen and oxygen atoms in total. The van der Waals surface area contributed by atoms with Gasteiger partial charge in [0.2, 0.25) is 10.0 Å². The second-order valence-electron chi connectivity index (χ2n) is 6.47. The van der Waals surface area contributed by atoms with Crippen LogP contribution in [0.1, 0.15) is 28.4 Å². The molecule has 0 aliphatic heterocycles. The number of benzene rings is 2. The molecule has 0 saturated heterocycles. The smallest absolute Gasteiger partial charge is 0.338 e. The molecule has 29 heavy (non-hydrogen) atoms. The van der Waals surface area contributed by atoms with E-state index in [2.05, 4.69) is 16.6 Å². The summed E-state index contributed by atoms with van der Waals surface area (Å²) in [6.45, 7) is 8.77. The van der Waals surface area contributed by atoms with Gasteiger partial charge in [0.15, 0.2) is 6.10 Å². The molecule has 0 aromatic heterocycles. The predicted molar refractivity (Wildman–Crippen MR) is 111 cm³/mol. The third-order valence-electron chi connectivity index (χ3n) is 4.20. The first-order valence-corrected chi connectivity index (χ1v) is 10.4. The summed E-state index contributed by atoms with van der Waals surface area (Å²) in [5.74, 6) is -1.18. The first-order chi connectivity index (χ1) is 13.7. The quantitative estimate of drug-likeness (QED) is 0.509. The fourth-order valence-electron chi connectivity index (χ4n) is 2.54. The number of amides is 1. The molecule has 0 bridgehead atoms. The largest absolute Gasteiger partial charge is 0.449 e. The first kappa shape index (κ1) is 22.3. The van der Waals surface area contributed by atoms with Crippen molar-refractivity contribution in [2.24, 2.45) is 0 Å². The summed E-state index contributed by atoms with van der Waals surface area (Å²) in [5, 5.41) is 2.77. The van der Waals surface area contributed by atoms with Crippen LogP contribution in [-0.2, 0) is 19.6 Å². The molecule has 8 heteroatoms. The minimum atomic E-state index is -3.68. The van der Waals surface area contributed by atoms with Gasteiger partial charge in [-0.2, -0.15) is 0 Å². The minimum absolute atomic E-state index is 0.0109. The molecule has 0 radical (unpaired) electrons. The highest BCUT2D eigenvalue weighted by Crippen LogP contribution is 2.20. The van der Waals surface area contributed by atoms with E-state index >= 15 is 0 Å². The minimum Gasteiger partial charge on any atom is -0.449 e. The number of ether oxygens (including phenoxy) is 1. The molecule has 0 spiro atoms. The molecule has 154 valence electrons. The van der Waals surface area contributed by atoms with E-state index in [0.29, 0.717) is 5.69 Å². The highest BCUT2D eigenvalue weighted by atomic mass is 32.2. The van der Waals surface area contributed by atoms with Gasteiger partial charge in [0.1, 0.15) is 0 Å². The van der Waals surface area contributed by atoms with Gasteiger partial charge in [0.05, 0.1) is 10.5 Å². The van der Waals surface area contributed by atoms with Gasteiger partial charge >= 0.3 is 5.97 Å². The van der Waals surface area contributed by atoms with Crippen LogP contribution in [0.4, 0.5) is 5.69 Å². The molecule has 0 aliphatic rings. The van der Waals surface area contributed by atoms with E-state index in [4.69, 9.17) is 4.74 Å². The molecule has 0 saturated carbocycles. The number of carbonyl (C=O) groups excluding carboxylic acids is 2. The molecule has 2 aromatic rings. The highest BCUT2D eigenvalue weighted by molar-refractivity contribution is 7.89. The highest BCUT2D eigenvalue weighted by Gasteiger charge is 2.21. The molecule has 2 aromatic carbocycles. The van der Waals surface area contributed by atoms with Crippen LogP contribution < -0.4 is 10.0 Å². The second kappa shape index (κ2) is 9.49. The van der Waals surface area contributed by atoms with Gasteiger partial charge in [0, 0.05) is 12.2 Å². The summed E-state index contributed by atoms with van der Waals surface area (Å²) < 4.78 is 31.6. The molecule has 2 N–H and O–H groups in total. The SMILES string of the molecule is C=CCNS(=O)(=O)c1ccc(C(=O)O[C@H](C)C(=O)Nc2c(C)cccc2C)cc1. The maximum atomic E-state index is 12.4. The second-order valence-corrected chi connectivity index (χ2v) is 8.24. The van der Waals surface area contributed by atoms with Crippen molar-refractivity contribution in [2.45, 2.75) is 31.8 Å². The predicted octanol–water partition coefficient (Wildman–Crippen LogP) is 2.95. The number of esters is 1. The van der Waals surface area contributed by atoms with E-state index in [9.17, 15) is 18.0 Å². The van der Waals surface area contributed by atoms with Gasteiger partial charge in [-0.1, -0.05) is 24.3 Å². The van der Waals surface area contributed by atoms with Gasteiger partial charge in [-0.3, -0.25) is 4.79 Å². The number of hydrogen-bond donors (Lipinski definition) is 2. The molecule has 0 aliphatic carbocycles. The molecule has 0 heterocycles. The zero-order chi connectivity index (χ0) is 21.6. The van der Waals surface area contributed by atoms with E-state index in [1.54, 1.807) is 0 Å². The average molecular weight is 416 g/mol. The summed E-state index contributed by atoms with van der Waals surface area (Å²) in [6, 6.07) is 10.9. The van der Waals surface area contributed by atoms with Gasteiger partial charge in [-0.15, -0.1) is 6.58 Å². The summed E-state index contributed by atoms with van der Waals surface area (Å²) in [4.78, 5) is 24.7. The lowest BCUT2D eigenvalue weighted by Crippen LogP contribution is -2.30. The van der Waals surface area contributed by atoms with Crippen molar-refractivity contribution >= 4 is 27.6 Å². The zero-order valence-corrected chi connectivity index (χ0v) is 17.4. The number of carbonyl (C=O) groups is 2. The Morgan fingerprint density at radius 3 is 2.24 bits per heavy atom. The monoisotopic (exact) mass is 416 g/mol. The topological polar surface area (TPSA) is 102 Å². The lowest BCUT2D eigenvalue weighted by molar-refractivity contribution is -0.123. The Hall–Kier alpha value is -2.97. The van der Waals surface area contributed by atoms with Crippen molar-refractivity contribution in [1.29, 1.82) is 0 Å². The summed E-state index contributed by atoms with van der Waals surface area (Å²) in [5.41, 5.74) is 2.62. The molecule has 1 amide bonds. The maximum Gasteiger partial charge on any atom is 0.338 e. The first-order valence-electron chi connectivity index (χ1n) is 8.94. The Labute approximate surface area is 170 Å². The van der Waals surface area contributed by atoms with E-state index < -0.39 is 28.0 Å². The number of aryl methyl sites for hydroxylation is 2. The number of rotatable bonds is 8. The van der Waals surface area contributed by atoms with Crippen molar-refractivity contribution in [3.8, 4) is 0 Å². The van der Waals surface area contributed by atoms with Crippen molar-refractivity contribution < 1.29 is 22.7 Å². The van der Waals surface area contributed by atoms with Crippen LogP contribution in [-0.4, -0.2) is 32.9 Å². The number of para-hydroxylation sites is 1. The Morgan fingerprint density at radius 2 is 1.69 bits per heavy atom. The molecule has 0 unspecified atom stereocenters. The Morgan fingerprint density at radius 1 is 1.10 bits per heavy atom. The van der Waals surface area contributed by atoms with Crippen LogP contribution in [0.2, 0.25) is 0 Å². The van der Waals surface area contributed by atoms with Crippen LogP contribution in [0.5, 0.6) is 0 Å². The summed E-state index contributed by atoms with van der Waals surface area (Å²) in [6.07, 6.45) is 0.396. The average Bonchev–Trinajstić information content (AvgIpc) is 2.69. The maximum absolute atomic E-state index is 12.4. The van der Waals surface area contributed by atoms with E-state index in [1.165, 1.54) is 37.3 Å². The third-order valence-corrected chi connectivity index (χ3v) is 5.64. The van der Waals surface area contributed by atoms with Gasteiger partial charge < -0.3 is 10.1 Å². The van der Waals surface area contributed by atoms with Crippen LogP contribution in [0.15, 0.2) is 60.0 Å². The lowest BCUT2D eigenvalue weighted by Gasteiger charge is -2.16. The summed E-state index contributed by atoms with van der Waals surface area (Å²) >= 11 is 0. The van der Waals surface area contributed by atoms with E-state index in [0.717, 1.165) is 11.1 Å². The third kappa shape index (κ3) is 5.75. The molecular formula is C21H24N2O5S. The van der Waals surface area contributed by atoms with E-state index in [-0.39, 0.29) is 17.0 Å². The number of sulfonamides is 1. The van der Waals surface area contributed by atoms with Crippen molar-refractivity contribution in [2.75, 3.05) is 11.9 Å². The number of anilines is 1. The number of nitrogens with one attached hydrogen (secondary N) is 2. The summed E-state index contributed by atoms with van der Waals surface area (Å²) in [7, 11) is -3.68.